The van der Waals surface area contributed by atoms with Crippen LogP contribution < -0.4 is 11.1 Å². The van der Waals surface area contributed by atoms with Crippen molar-refractivity contribution in [2.75, 3.05) is 24.6 Å². The lowest BCUT2D eigenvalue weighted by Crippen LogP contribution is -2.29. The summed E-state index contributed by atoms with van der Waals surface area (Å²) in [7, 11) is 1.88. The molecule has 0 unspecified atom stereocenters. The predicted octanol–water partition coefficient (Wildman–Crippen LogP) is 1.93. The maximum absolute atomic E-state index is 11.9. The third-order valence-electron chi connectivity index (χ3n) is 2.68. The van der Waals surface area contributed by atoms with Crippen molar-refractivity contribution in [3.05, 3.63) is 48.4 Å². The summed E-state index contributed by atoms with van der Waals surface area (Å²) in [6.07, 6.45) is 3.29. The molecule has 5 nitrogen and oxygen atoms in total. The normalized spacial score (nSPS) is 10.6. The maximum atomic E-state index is 11.9. The second-order valence-electron chi connectivity index (χ2n) is 4.44. The number of rotatable bonds is 5. The molecule has 0 saturated carbocycles. The summed E-state index contributed by atoms with van der Waals surface area (Å²) >= 11 is 0. The molecular weight excluding hydrogens is 242 g/mol. The van der Waals surface area contributed by atoms with Crippen molar-refractivity contribution in [2.24, 2.45) is 0 Å². The van der Waals surface area contributed by atoms with Gasteiger partial charge in [0.05, 0.1) is 30.4 Å². The van der Waals surface area contributed by atoms with Crippen LogP contribution in [-0.4, -0.2) is 24.4 Å². The number of furan rings is 1. The highest BCUT2D eigenvalue weighted by Crippen LogP contribution is 2.16. The van der Waals surface area contributed by atoms with Crippen molar-refractivity contribution in [1.82, 2.24) is 4.90 Å². The van der Waals surface area contributed by atoms with Gasteiger partial charge in [-0.1, -0.05) is 12.1 Å². The van der Waals surface area contributed by atoms with Gasteiger partial charge in [0, 0.05) is 12.1 Å². The van der Waals surface area contributed by atoms with Crippen LogP contribution in [-0.2, 0) is 11.3 Å². The van der Waals surface area contributed by atoms with Gasteiger partial charge in [-0.15, -0.1) is 0 Å². The minimum absolute atomic E-state index is 0.0936. The smallest absolute Gasteiger partial charge is 0.238 e. The first-order valence-corrected chi connectivity index (χ1v) is 5.99. The molecule has 0 fully saturated rings. The van der Waals surface area contributed by atoms with Crippen molar-refractivity contribution in [3.8, 4) is 0 Å². The summed E-state index contributed by atoms with van der Waals surface area (Å²) in [4.78, 5) is 13.8. The first-order valence-electron chi connectivity index (χ1n) is 5.99. The van der Waals surface area contributed by atoms with Gasteiger partial charge in [0.15, 0.2) is 0 Å². The van der Waals surface area contributed by atoms with Gasteiger partial charge in [-0.05, 0) is 25.2 Å². The van der Waals surface area contributed by atoms with Crippen LogP contribution in [0.2, 0.25) is 0 Å². The molecule has 0 aliphatic heterocycles. The summed E-state index contributed by atoms with van der Waals surface area (Å²) in [6, 6.07) is 9.08. The fraction of sp³-hybridized carbons (Fsp3) is 0.214. The van der Waals surface area contributed by atoms with Crippen molar-refractivity contribution >= 4 is 17.3 Å². The van der Waals surface area contributed by atoms with E-state index in [1.807, 2.05) is 30.1 Å². The Hall–Kier alpha value is -2.27. The van der Waals surface area contributed by atoms with E-state index in [2.05, 4.69) is 5.32 Å². The Kier molecular flexibility index (Phi) is 4.20. The lowest BCUT2D eigenvalue weighted by atomic mass is 10.2. The zero-order chi connectivity index (χ0) is 13.7. The van der Waals surface area contributed by atoms with Gasteiger partial charge in [-0.25, -0.2) is 0 Å². The molecule has 1 aromatic carbocycles. The van der Waals surface area contributed by atoms with Crippen LogP contribution in [0.15, 0.2) is 47.3 Å². The van der Waals surface area contributed by atoms with Crippen molar-refractivity contribution in [1.29, 1.82) is 0 Å². The van der Waals surface area contributed by atoms with Crippen LogP contribution in [0.1, 0.15) is 5.56 Å². The topological polar surface area (TPSA) is 71.5 Å². The molecule has 5 heteroatoms. The summed E-state index contributed by atoms with van der Waals surface area (Å²) in [5.41, 5.74) is 8.01. The summed E-state index contributed by atoms with van der Waals surface area (Å²) < 4.78 is 4.99. The Morgan fingerprint density at radius 1 is 1.37 bits per heavy atom. The molecule has 2 rings (SSSR count). The molecule has 1 amide bonds. The van der Waals surface area contributed by atoms with Crippen LogP contribution in [0.5, 0.6) is 0 Å². The highest BCUT2D eigenvalue weighted by Gasteiger charge is 2.09. The molecule has 1 aromatic heterocycles. The quantitative estimate of drug-likeness (QED) is 0.805. The first kappa shape index (κ1) is 13.2. The van der Waals surface area contributed by atoms with E-state index in [9.17, 15) is 4.79 Å². The lowest BCUT2D eigenvalue weighted by Gasteiger charge is -2.15. The zero-order valence-corrected chi connectivity index (χ0v) is 10.8. The maximum Gasteiger partial charge on any atom is 0.238 e. The molecule has 0 aliphatic rings. The van der Waals surface area contributed by atoms with E-state index < -0.39 is 0 Å². The second-order valence-corrected chi connectivity index (χ2v) is 4.44. The molecule has 0 aliphatic carbocycles. The number of carbonyl (C=O) groups is 1. The van der Waals surface area contributed by atoms with E-state index in [1.165, 1.54) is 0 Å². The molecular formula is C14H17N3O2. The third-order valence-corrected chi connectivity index (χ3v) is 2.68. The molecule has 3 N–H and O–H groups in total. The molecule has 1 heterocycles. The first-order chi connectivity index (χ1) is 9.15. The number of hydrogen-bond donors (Lipinski definition) is 2. The SMILES string of the molecule is CN(CC(=O)Nc1ccccc1N)Cc1ccoc1. The Bertz CT molecular complexity index is 537. The number of likely N-dealkylation sites (N-methyl/N-ethyl adjacent to an activating group) is 1. The molecule has 0 saturated heterocycles. The monoisotopic (exact) mass is 259 g/mol. The van der Waals surface area contributed by atoms with Crippen molar-refractivity contribution in [3.63, 3.8) is 0 Å². The number of carbonyl (C=O) groups excluding carboxylic acids is 1. The largest absolute Gasteiger partial charge is 0.472 e. The number of benzene rings is 1. The number of anilines is 2. The zero-order valence-electron chi connectivity index (χ0n) is 10.8. The Labute approximate surface area is 112 Å². The summed E-state index contributed by atoms with van der Waals surface area (Å²) in [5, 5.41) is 2.79. The molecule has 0 atom stereocenters. The molecule has 0 radical (unpaired) electrons. The fourth-order valence-electron chi connectivity index (χ4n) is 1.80. The number of para-hydroxylation sites is 2. The van der Waals surface area contributed by atoms with Gasteiger partial charge < -0.3 is 15.5 Å². The minimum Gasteiger partial charge on any atom is -0.472 e. The van der Waals surface area contributed by atoms with Gasteiger partial charge in [0.2, 0.25) is 5.91 Å². The van der Waals surface area contributed by atoms with Crippen LogP contribution >= 0.6 is 0 Å². The summed E-state index contributed by atoms with van der Waals surface area (Å²) in [5.74, 6) is -0.0936. The Balaban J connectivity index is 1.86. The van der Waals surface area contributed by atoms with Gasteiger partial charge in [-0.2, -0.15) is 0 Å². The van der Waals surface area contributed by atoms with Crippen LogP contribution in [0.3, 0.4) is 0 Å². The third kappa shape index (κ3) is 3.86. The number of nitrogens with one attached hydrogen (secondary N) is 1. The lowest BCUT2D eigenvalue weighted by molar-refractivity contribution is -0.117. The van der Waals surface area contributed by atoms with Crippen molar-refractivity contribution in [2.45, 2.75) is 6.54 Å². The van der Waals surface area contributed by atoms with E-state index in [-0.39, 0.29) is 5.91 Å². The van der Waals surface area contributed by atoms with E-state index in [0.29, 0.717) is 24.5 Å². The average molecular weight is 259 g/mol. The highest BCUT2D eigenvalue weighted by molar-refractivity contribution is 5.95. The van der Waals surface area contributed by atoms with E-state index in [4.69, 9.17) is 10.2 Å². The Morgan fingerprint density at radius 2 is 2.16 bits per heavy atom. The summed E-state index contributed by atoms with van der Waals surface area (Å²) in [6.45, 7) is 0.952. The second kappa shape index (κ2) is 6.06. The van der Waals surface area contributed by atoms with Gasteiger partial charge in [0.25, 0.3) is 0 Å². The highest BCUT2D eigenvalue weighted by atomic mass is 16.3. The number of amides is 1. The molecule has 19 heavy (non-hydrogen) atoms. The minimum atomic E-state index is -0.0936. The van der Waals surface area contributed by atoms with Gasteiger partial charge in [0.1, 0.15) is 0 Å². The van der Waals surface area contributed by atoms with Crippen molar-refractivity contribution < 1.29 is 9.21 Å². The van der Waals surface area contributed by atoms with E-state index in [0.717, 1.165) is 5.56 Å². The standard InChI is InChI=1S/C14H17N3O2/c1-17(8-11-6-7-19-10-11)9-14(18)16-13-5-3-2-4-12(13)15/h2-7,10H,8-9,15H2,1H3,(H,16,18). The molecule has 100 valence electrons. The molecule has 2 aromatic rings. The van der Waals surface area contributed by atoms with Gasteiger partial charge in [-0.3, -0.25) is 9.69 Å². The number of nitrogen functional groups attached to an aromatic ring is 1. The van der Waals surface area contributed by atoms with Crippen LogP contribution in [0.4, 0.5) is 11.4 Å². The van der Waals surface area contributed by atoms with E-state index in [1.54, 1.807) is 24.7 Å². The Morgan fingerprint density at radius 3 is 2.84 bits per heavy atom. The molecule has 0 spiro atoms. The van der Waals surface area contributed by atoms with Crippen LogP contribution in [0.25, 0.3) is 0 Å². The van der Waals surface area contributed by atoms with Crippen LogP contribution in [0, 0.1) is 0 Å². The van der Waals surface area contributed by atoms with Gasteiger partial charge >= 0.3 is 0 Å². The van der Waals surface area contributed by atoms with E-state index >= 15 is 0 Å². The number of hydrogen-bond acceptors (Lipinski definition) is 4. The fourth-order valence-corrected chi connectivity index (χ4v) is 1.80. The number of nitrogens with two attached hydrogens (primary N) is 1. The predicted molar refractivity (Wildman–Crippen MR) is 74.5 cm³/mol. The average Bonchev–Trinajstić information content (AvgIpc) is 2.84. The molecule has 0 bridgehead atoms. The number of nitrogens with zero attached hydrogens (tertiary/aromatic N) is 1.